The van der Waals surface area contributed by atoms with Crippen molar-refractivity contribution in [1.29, 1.82) is 5.26 Å². The molecule has 3 fully saturated rings. The summed E-state index contributed by atoms with van der Waals surface area (Å²) in [5.74, 6) is 0.00734. The van der Waals surface area contributed by atoms with Gasteiger partial charge in [-0.3, -0.25) is 14.6 Å². The predicted octanol–water partition coefficient (Wildman–Crippen LogP) is 1.12. The Labute approximate surface area is 145 Å². The average Bonchev–Trinajstić information content (AvgIpc) is 2.97. The van der Waals surface area contributed by atoms with E-state index in [1.54, 1.807) is 0 Å². The predicted molar refractivity (Wildman–Crippen MR) is 91.4 cm³/mol. The van der Waals surface area contributed by atoms with E-state index < -0.39 is 5.54 Å². The number of morpholine rings is 1. The highest BCUT2D eigenvalue weighted by molar-refractivity contribution is 5.79. The Morgan fingerprint density at radius 1 is 1.25 bits per heavy atom. The Morgan fingerprint density at radius 2 is 1.96 bits per heavy atom. The van der Waals surface area contributed by atoms with Crippen LogP contribution in [0.4, 0.5) is 0 Å². The van der Waals surface area contributed by atoms with Gasteiger partial charge in [0.2, 0.25) is 5.91 Å². The Hall–Kier alpha value is -1.16. The number of rotatable bonds is 4. The summed E-state index contributed by atoms with van der Waals surface area (Å²) in [7, 11) is 0. The molecule has 0 aromatic heterocycles. The van der Waals surface area contributed by atoms with Crippen LogP contribution in [0, 0.1) is 11.3 Å². The summed E-state index contributed by atoms with van der Waals surface area (Å²) in [6.07, 6.45) is 5.93. The highest BCUT2D eigenvalue weighted by atomic mass is 16.5. The van der Waals surface area contributed by atoms with Crippen molar-refractivity contribution in [1.82, 2.24) is 15.1 Å². The third-order valence-corrected chi connectivity index (χ3v) is 6.01. The van der Waals surface area contributed by atoms with Crippen molar-refractivity contribution >= 4 is 5.91 Å². The van der Waals surface area contributed by atoms with Crippen LogP contribution < -0.4 is 5.32 Å². The van der Waals surface area contributed by atoms with Gasteiger partial charge in [0.05, 0.1) is 25.8 Å². The van der Waals surface area contributed by atoms with Crippen molar-refractivity contribution in [3.05, 3.63) is 0 Å². The zero-order valence-electron chi connectivity index (χ0n) is 14.8. The van der Waals surface area contributed by atoms with Gasteiger partial charge >= 0.3 is 0 Å². The summed E-state index contributed by atoms with van der Waals surface area (Å²) >= 11 is 0. The van der Waals surface area contributed by atoms with Crippen molar-refractivity contribution < 1.29 is 9.53 Å². The summed E-state index contributed by atoms with van der Waals surface area (Å²) in [6.45, 7) is 7.20. The minimum absolute atomic E-state index is 0.00734. The van der Waals surface area contributed by atoms with Crippen molar-refractivity contribution in [2.75, 3.05) is 39.4 Å². The highest BCUT2D eigenvalue weighted by Gasteiger charge is 2.38. The summed E-state index contributed by atoms with van der Waals surface area (Å²) in [4.78, 5) is 17.3. The molecule has 134 valence electrons. The number of ether oxygens (including phenoxy) is 1. The van der Waals surface area contributed by atoms with Gasteiger partial charge in [-0.1, -0.05) is 19.3 Å². The fourth-order valence-electron chi connectivity index (χ4n) is 4.52. The molecule has 3 aliphatic rings. The van der Waals surface area contributed by atoms with E-state index in [0.29, 0.717) is 18.6 Å². The van der Waals surface area contributed by atoms with Crippen LogP contribution in [-0.2, 0) is 9.53 Å². The van der Waals surface area contributed by atoms with Crippen molar-refractivity contribution in [3.63, 3.8) is 0 Å². The Morgan fingerprint density at radius 3 is 2.62 bits per heavy atom. The van der Waals surface area contributed by atoms with Crippen LogP contribution in [0.1, 0.15) is 45.4 Å². The Bertz CT molecular complexity index is 478. The number of nitriles is 1. The molecule has 0 spiro atoms. The number of nitrogens with zero attached hydrogens (tertiary/aromatic N) is 3. The first-order chi connectivity index (χ1) is 11.6. The molecule has 2 aliphatic heterocycles. The number of carbonyl (C=O) groups excluding carboxylic acids is 1. The SMILES string of the molecule is C[C@@H]1[C@H](N2CCOCC2)CCN1CC(=O)NC1(C#N)CCCCC1. The number of carbonyl (C=O) groups is 1. The molecular formula is C18H30N4O2. The lowest BCUT2D eigenvalue weighted by atomic mass is 9.83. The summed E-state index contributed by atoms with van der Waals surface area (Å²) in [5, 5.41) is 12.6. The molecule has 2 saturated heterocycles. The van der Waals surface area contributed by atoms with Gasteiger partial charge in [-0.15, -0.1) is 0 Å². The topological polar surface area (TPSA) is 68.6 Å². The standard InChI is InChI=1S/C18H30N4O2/c1-15-16(21-9-11-24-12-10-21)5-8-22(15)13-17(23)20-18(14-19)6-3-2-4-7-18/h15-16H,2-13H2,1H3,(H,20,23)/t15-,16-/m1/s1. The van der Waals surface area contributed by atoms with Crippen LogP contribution in [0.15, 0.2) is 0 Å². The zero-order valence-corrected chi connectivity index (χ0v) is 14.8. The van der Waals surface area contributed by atoms with Gasteiger partial charge in [0.1, 0.15) is 5.54 Å². The third-order valence-electron chi connectivity index (χ3n) is 6.01. The first kappa shape index (κ1) is 17.7. The molecule has 2 heterocycles. The molecule has 6 nitrogen and oxygen atoms in total. The first-order valence-corrected chi connectivity index (χ1v) is 9.42. The summed E-state index contributed by atoms with van der Waals surface area (Å²) in [6, 6.07) is 3.26. The minimum atomic E-state index is -0.623. The number of amides is 1. The van der Waals surface area contributed by atoms with Crippen LogP contribution in [-0.4, -0.2) is 72.7 Å². The van der Waals surface area contributed by atoms with E-state index >= 15 is 0 Å². The zero-order chi connectivity index (χ0) is 17.0. The molecule has 0 unspecified atom stereocenters. The Kier molecular flexibility index (Phi) is 5.75. The molecule has 0 aromatic rings. The summed E-state index contributed by atoms with van der Waals surface area (Å²) in [5.41, 5.74) is -0.623. The van der Waals surface area contributed by atoms with Gasteiger partial charge in [0.25, 0.3) is 0 Å². The molecule has 1 amide bonds. The molecule has 0 bridgehead atoms. The van der Waals surface area contributed by atoms with E-state index in [-0.39, 0.29) is 5.91 Å². The summed E-state index contributed by atoms with van der Waals surface area (Å²) < 4.78 is 5.44. The van der Waals surface area contributed by atoms with E-state index in [1.165, 1.54) is 6.42 Å². The highest BCUT2D eigenvalue weighted by Crippen LogP contribution is 2.28. The third kappa shape index (κ3) is 3.90. The van der Waals surface area contributed by atoms with Crippen molar-refractivity contribution in [3.8, 4) is 6.07 Å². The second-order valence-electron chi connectivity index (χ2n) is 7.52. The van der Waals surface area contributed by atoms with Crippen LogP contribution in [0.3, 0.4) is 0 Å². The second-order valence-corrected chi connectivity index (χ2v) is 7.52. The number of hydrogen-bond donors (Lipinski definition) is 1. The monoisotopic (exact) mass is 334 g/mol. The lowest BCUT2D eigenvalue weighted by Crippen LogP contribution is -2.53. The molecule has 6 heteroatoms. The van der Waals surface area contributed by atoms with Gasteiger partial charge < -0.3 is 10.1 Å². The van der Waals surface area contributed by atoms with Crippen molar-refractivity contribution in [2.24, 2.45) is 0 Å². The molecule has 1 saturated carbocycles. The Balaban J connectivity index is 1.52. The maximum atomic E-state index is 12.5. The molecule has 2 atom stereocenters. The van der Waals surface area contributed by atoms with E-state index in [1.807, 2.05) is 0 Å². The molecule has 3 rings (SSSR count). The normalized spacial score (nSPS) is 31.5. The number of likely N-dealkylation sites (tertiary alicyclic amines) is 1. The lowest BCUT2D eigenvalue weighted by molar-refractivity contribution is -0.124. The second kappa shape index (κ2) is 7.81. The van der Waals surface area contributed by atoms with Crippen LogP contribution in [0.5, 0.6) is 0 Å². The van der Waals surface area contributed by atoms with E-state index in [0.717, 1.165) is 65.0 Å². The largest absolute Gasteiger partial charge is 0.379 e. The average molecular weight is 334 g/mol. The molecular weight excluding hydrogens is 304 g/mol. The van der Waals surface area contributed by atoms with Gasteiger partial charge in [-0.2, -0.15) is 5.26 Å². The fourth-order valence-corrected chi connectivity index (χ4v) is 4.52. The van der Waals surface area contributed by atoms with Gasteiger partial charge in [0, 0.05) is 31.7 Å². The van der Waals surface area contributed by atoms with Crippen molar-refractivity contribution in [2.45, 2.75) is 63.1 Å². The maximum absolute atomic E-state index is 12.5. The molecule has 0 aromatic carbocycles. The molecule has 24 heavy (non-hydrogen) atoms. The first-order valence-electron chi connectivity index (χ1n) is 9.42. The van der Waals surface area contributed by atoms with Crippen LogP contribution in [0.2, 0.25) is 0 Å². The van der Waals surface area contributed by atoms with E-state index in [4.69, 9.17) is 4.74 Å². The number of nitrogens with one attached hydrogen (secondary N) is 1. The molecule has 0 radical (unpaired) electrons. The smallest absolute Gasteiger partial charge is 0.235 e. The van der Waals surface area contributed by atoms with E-state index in [9.17, 15) is 10.1 Å². The van der Waals surface area contributed by atoms with Gasteiger partial charge in [0.15, 0.2) is 0 Å². The molecule has 1 N–H and O–H groups in total. The van der Waals surface area contributed by atoms with Gasteiger partial charge in [-0.05, 0) is 26.2 Å². The number of hydrogen-bond acceptors (Lipinski definition) is 5. The lowest BCUT2D eigenvalue weighted by Gasteiger charge is -2.36. The maximum Gasteiger partial charge on any atom is 0.235 e. The van der Waals surface area contributed by atoms with Gasteiger partial charge in [-0.25, -0.2) is 0 Å². The molecule has 1 aliphatic carbocycles. The van der Waals surface area contributed by atoms with E-state index in [2.05, 4.69) is 28.1 Å². The fraction of sp³-hybridized carbons (Fsp3) is 0.889. The quantitative estimate of drug-likeness (QED) is 0.834. The van der Waals surface area contributed by atoms with Crippen LogP contribution >= 0.6 is 0 Å². The van der Waals surface area contributed by atoms with Crippen LogP contribution in [0.25, 0.3) is 0 Å². The minimum Gasteiger partial charge on any atom is -0.379 e.